The largest absolute Gasteiger partial charge is 0.478 e. The Morgan fingerprint density at radius 3 is 2.34 bits per heavy atom. The third kappa shape index (κ3) is 6.38. The second kappa shape index (κ2) is 12.6. The Bertz CT molecular complexity index is 1670. The fraction of sp³-hybridized carbons (Fsp3) is 0.229. The van der Waals surface area contributed by atoms with Crippen LogP contribution < -0.4 is 5.32 Å². The number of hydrogen-bond acceptors (Lipinski definition) is 3. The minimum atomic E-state index is -0.940. The molecule has 0 spiro atoms. The number of nitrogens with one attached hydrogen (secondary N) is 1. The molecule has 4 aromatic carbocycles. The molecule has 0 saturated carbocycles. The lowest BCUT2D eigenvalue weighted by molar-refractivity contribution is 0.0697. The number of rotatable bonds is 11. The molecule has 41 heavy (non-hydrogen) atoms. The summed E-state index contributed by atoms with van der Waals surface area (Å²) >= 11 is 0. The predicted octanol–water partition coefficient (Wildman–Crippen LogP) is 7.07. The van der Waals surface area contributed by atoms with E-state index in [1.165, 1.54) is 5.56 Å². The minimum Gasteiger partial charge on any atom is -0.478 e. The van der Waals surface area contributed by atoms with Gasteiger partial charge < -0.3 is 15.0 Å². The van der Waals surface area contributed by atoms with E-state index < -0.39 is 5.97 Å². The van der Waals surface area contributed by atoms with Gasteiger partial charge in [-0.15, -0.1) is 0 Å². The number of carbonyl (C=O) groups excluding carboxylic acids is 1. The average Bonchev–Trinajstić information content (AvgIpc) is 3.33. The lowest BCUT2D eigenvalue weighted by Crippen LogP contribution is -2.25. The highest BCUT2D eigenvalue weighted by molar-refractivity contribution is 5.98. The van der Waals surface area contributed by atoms with Gasteiger partial charge in [0.25, 0.3) is 5.91 Å². The number of aromatic nitrogens is 2. The first kappa shape index (κ1) is 27.8. The normalized spacial score (nSPS) is 11.1. The van der Waals surface area contributed by atoms with Crippen LogP contribution in [-0.2, 0) is 19.4 Å². The van der Waals surface area contributed by atoms with E-state index in [9.17, 15) is 14.7 Å². The molecule has 6 heteroatoms. The number of aryl methyl sites for hydroxylation is 3. The number of amides is 1. The Kier molecular flexibility index (Phi) is 8.59. The number of carboxylic acids is 1. The van der Waals surface area contributed by atoms with Gasteiger partial charge in [-0.1, -0.05) is 79.7 Å². The number of aromatic carboxylic acids is 1. The highest BCUT2D eigenvalue weighted by Gasteiger charge is 2.17. The molecule has 5 rings (SSSR count). The van der Waals surface area contributed by atoms with Gasteiger partial charge in [-0.3, -0.25) is 4.79 Å². The minimum absolute atomic E-state index is 0.0747. The van der Waals surface area contributed by atoms with Crippen LogP contribution >= 0.6 is 0 Å². The number of imidazole rings is 1. The van der Waals surface area contributed by atoms with Gasteiger partial charge in [0, 0.05) is 25.1 Å². The molecular formula is C35H35N3O3. The third-order valence-electron chi connectivity index (χ3n) is 7.39. The molecule has 208 valence electrons. The Balaban J connectivity index is 1.38. The summed E-state index contributed by atoms with van der Waals surface area (Å²) in [6.45, 7) is 5.37. The molecular weight excluding hydrogens is 510 g/mol. The highest BCUT2D eigenvalue weighted by atomic mass is 16.4. The molecule has 0 unspecified atom stereocenters. The predicted molar refractivity (Wildman–Crippen MR) is 164 cm³/mol. The van der Waals surface area contributed by atoms with Crippen molar-refractivity contribution in [2.75, 3.05) is 6.54 Å². The van der Waals surface area contributed by atoms with E-state index in [2.05, 4.69) is 28.9 Å². The van der Waals surface area contributed by atoms with Gasteiger partial charge in [-0.05, 0) is 72.2 Å². The van der Waals surface area contributed by atoms with Crippen LogP contribution in [0.1, 0.15) is 63.0 Å². The van der Waals surface area contributed by atoms with Crippen molar-refractivity contribution in [2.45, 2.75) is 46.1 Å². The maximum Gasteiger partial charge on any atom is 0.336 e. The topological polar surface area (TPSA) is 84.2 Å². The summed E-state index contributed by atoms with van der Waals surface area (Å²) in [6, 6.07) is 29.2. The standard InChI is InChI=1S/C35H35N3O3/c1-3-10-32-37-33-24(2)21-28(34(39)36-20-9-13-25-11-5-4-6-12-25)22-31(33)38(32)23-26-16-18-27(19-17-26)29-14-7-8-15-30(29)35(40)41/h4-8,11-12,14-19,21-22H,3,9-10,13,20,23H2,1-2H3,(H,36,39)(H,40,41). The van der Waals surface area contributed by atoms with E-state index in [1.807, 2.05) is 73.7 Å². The quantitative estimate of drug-likeness (QED) is 0.174. The van der Waals surface area contributed by atoms with Crippen LogP contribution in [0.4, 0.5) is 0 Å². The van der Waals surface area contributed by atoms with Gasteiger partial charge in [-0.2, -0.15) is 0 Å². The fourth-order valence-electron chi connectivity index (χ4n) is 5.30. The molecule has 0 aliphatic carbocycles. The first-order chi connectivity index (χ1) is 19.9. The molecule has 1 heterocycles. The monoisotopic (exact) mass is 545 g/mol. The van der Waals surface area contributed by atoms with E-state index in [4.69, 9.17) is 4.98 Å². The first-order valence-corrected chi connectivity index (χ1v) is 14.2. The van der Waals surface area contributed by atoms with E-state index >= 15 is 0 Å². The molecule has 0 radical (unpaired) electrons. The SMILES string of the molecule is CCCc1nc2c(C)cc(C(=O)NCCCc3ccccc3)cc2n1Cc1ccc(-c2ccccc2C(=O)O)cc1. The van der Waals surface area contributed by atoms with Crippen LogP contribution in [-0.4, -0.2) is 33.1 Å². The summed E-state index contributed by atoms with van der Waals surface area (Å²) in [6.07, 6.45) is 3.59. The van der Waals surface area contributed by atoms with E-state index in [1.54, 1.807) is 12.1 Å². The second-order valence-corrected chi connectivity index (χ2v) is 10.4. The van der Waals surface area contributed by atoms with Gasteiger partial charge in [0.1, 0.15) is 5.82 Å². The zero-order valence-electron chi connectivity index (χ0n) is 23.6. The summed E-state index contributed by atoms with van der Waals surface area (Å²) < 4.78 is 2.21. The number of carboxylic acid groups (broad SMARTS) is 1. The molecule has 1 amide bonds. The summed E-state index contributed by atoms with van der Waals surface area (Å²) in [5.41, 5.74) is 7.67. The van der Waals surface area contributed by atoms with Gasteiger partial charge >= 0.3 is 5.97 Å². The van der Waals surface area contributed by atoms with Crippen LogP contribution in [0.5, 0.6) is 0 Å². The lowest BCUT2D eigenvalue weighted by atomic mass is 9.98. The van der Waals surface area contributed by atoms with Crippen LogP contribution in [0.15, 0.2) is 91.0 Å². The van der Waals surface area contributed by atoms with Crippen molar-refractivity contribution in [1.82, 2.24) is 14.9 Å². The van der Waals surface area contributed by atoms with Crippen molar-refractivity contribution in [2.24, 2.45) is 0 Å². The lowest BCUT2D eigenvalue weighted by Gasteiger charge is -2.12. The number of nitrogens with zero attached hydrogens (tertiary/aromatic N) is 2. The van der Waals surface area contributed by atoms with Crippen molar-refractivity contribution in [3.63, 3.8) is 0 Å². The van der Waals surface area contributed by atoms with Crippen LogP contribution in [0, 0.1) is 6.92 Å². The van der Waals surface area contributed by atoms with E-state index in [-0.39, 0.29) is 11.5 Å². The van der Waals surface area contributed by atoms with Crippen molar-refractivity contribution >= 4 is 22.9 Å². The van der Waals surface area contributed by atoms with Gasteiger partial charge in [0.05, 0.1) is 16.6 Å². The van der Waals surface area contributed by atoms with Crippen molar-refractivity contribution < 1.29 is 14.7 Å². The summed E-state index contributed by atoms with van der Waals surface area (Å²) in [4.78, 5) is 29.8. The van der Waals surface area contributed by atoms with Gasteiger partial charge in [0.15, 0.2) is 0 Å². The van der Waals surface area contributed by atoms with E-state index in [0.717, 1.165) is 59.2 Å². The van der Waals surface area contributed by atoms with Crippen LogP contribution in [0.2, 0.25) is 0 Å². The number of fused-ring (bicyclic) bond motifs is 1. The summed E-state index contributed by atoms with van der Waals surface area (Å²) in [7, 11) is 0. The zero-order valence-corrected chi connectivity index (χ0v) is 23.6. The molecule has 0 fully saturated rings. The maximum absolute atomic E-state index is 13.1. The Labute approximate surface area is 240 Å². The molecule has 0 atom stereocenters. The number of hydrogen-bond donors (Lipinski definition) is 2. The first-order valence-electron chi connectivity index (χ1n) is 14.2. The molecule has 0 aliphatic rings. The van der Waals surface area contributed by atoms with Crippen molar-refractivity contribution in [3.8, 4) is 11.1 Å². The van der Waals surface area contributed by atoms with Crippen LogP contribution in [0.3, 0.4) is 0 Å². The molecule has 6 nitrogen and oxygen atoms in total. The molecule has 0 saturated heterocycles. The molecule has 1 aromatic heterocycles. The molecule has 2 N–H and O–H groups in total. The van der Waals surface area contributed by atoms with E-state index in [0.29, 0.717) is 24.2 Å². The molecule has 5 aromatic rings. The maximum atomic E-state index is 13.1. The van der Waals surface area contributed by atoms with Crippen molar-refractivity contribution in [3.05, 3.63) is 125 Å². The number of benzene rings is 4. The Hall–Kier alpha value is -4.71. The zero-order chi connectivity index (χ0) is 28.8. The number of carbonyl (C=O) groups is 2. The summed E-state index contributed by atoms with van der Waals surface area (Å²) in [5, 5.41) is 12.7. The second-order valence-electron chi connectivity index (χ2n) is 10.4. The smallest absolute Gasteiger partial charge is 0.336 e. The molecule has 0 bridgehead atoms. The highest BCUT2D eigenvalue weighted by Crippen LogP contribution is 2.27. The average molecular weight is 546 g/mol. The Morgan fingerprint density at radius 2 is 1.61 bits per heavy atom. The van der Waals surface area contributed by atoms with Crippen molar-refractivity contribution in [1.29, 1.82) is 0 Å². The van der Waals surface area contributed by atoms with Gasteiger partial charge in [0.2, 0.25) is 0 Å². The molecule has 0 aliphatic heterocycles. The van der Waals surface area contributed by atoms with Crippen LogP contribution in [0.25, 0.3) is 22.2 Å². The third-order valence-corrected chi connectivity index (χ3v) is 7.39. The van der Waals surface area contributed by atoms with Gasteiger partial charge in [-0.25, -0.2) is 9.78 Å². The Morgan fingerprint density at radius 1 is 0.878 bits per heavy atom. The fourth-order valence-corrected chi connectivity index (χ4v) is 5.30. The summed E-state index contributed by atoms with van der Waals surface area (Å²) in [5.74, 6) is -0.0224.